The Morgan fingerprint density at radius 2 is 1.88 bits per heavy atom. The van der Waals surface area contributed by atoms with Crippen LogP contribution in [0.15, 0.2) is 42.5 Å². The van der Waals surface area contributed by atoms with Gasteiger partial charge in [0, 0.05) is 17.2 Å². The number of carbonyl (C=O) groups excluding carboxylic acids is 1. The number of nitrogens with one attached hydrogen (secondary N) is 1. The second kappa shape index (κ2) is 8.53. The van der Waals surface area contributed by atoms with Crippen LogP contribution in [0.4, 0.5) is 10.1 Å². The smallest absolute Gasteiger partial charge is 0.272 e. The molecular formula is C19H22FN3O3. The van der Waals surface area contributed by atoms with Crippen molar-refractivity contribution in [3.8, 4) is 0 Å². The Balaban J connectivity index is 2.21. The van der Waals surface area contributed by atoms with Crippen molar-refractivity contribution in [2.45, 2.75) is 19.4 Å². The van der Waals surface area contributed by atoms with Gasteiger partial charge in [0.15, 0.2) is 0 Å². The molecule has 0 aliphatic rings. The number of carbonyl (C=O) groups is 1. The topological polar surface area (TPSA) is 75.5 Å². The summed E-state index contributed by atoms with van der Waals surface area (Å²) in [6, 6.07) is 10.0. The lowest BCUT2D eigenvalue weighted by atomic mass is 10.0. The van der Waals surface area contributed by atoms with E-state index in [2.05, 4.69) is 5.32 Å². The van der Waals surface area contributed by atoms with Crippen molar-refractivity contribution in [2.75, 3.05) is 20.6 Å². The third kappa shape index (κ3) is 5.10. The first-order valence-electron chi connectivity index (χ1n) is 8.24. The van der Waals surface area contributed by atoms with E-state index in [4.69, 9.17) is 0 Å². The van der Waals surface area contributed by atoms with Crippen LogP contribution in [0.25, 0.3) is 0 Å². The molecule has 0 spiro atoms. The first-order chi connectivity index (χ1) is 12.3. The summed E-state index contributed by atoms with van der Waals surface area (Å²) in [5.74, 6) is -0.659. The molecule has 0 aliphatic carbocycles. The van der Waals surface area contributed by atoms with Gasteiger partial charge in [0.1, 0.15) is 5.82 Å². The number of benzene rings is 2. The summed E-state index contributed by atoms with van der Waals surface area (Å²) in [6.07, 6.45) is 0.649. The highest BCUT2D eigenvalue weighted by Crippen LogP contribution is 2.21. The zero-order chi connectivity index (χ0) is 19.3. The van der Waals surface area contributed by atoms with Crippen LogP contribution in [0, 0.1) is 22.9 Å². The number of hydrogen-bond donors (Lipinski definition) is 1. The minimum absolute atomic E-state index is 0.0238. The van der Waals surface area contributed by atoms with Crippen molar-refractivity contribution in [1.29, 1.82) is 0 Å². The predicted octanol–water partition coefficient (Wildman–Crippen LogP) is 3.47. The minimum Gasteiger partial charge on any atom is -0.345 e. The van der Waals surface area contributed by atoms with E-state index in [9.17, 15) is 19.3 Å². The molecule has 0 saturated carbocycles. The normalized spacial score (nSPS) is 12.0. The van der Waals surface area contributed by atoms with E-state index in [-0.39, 0.29) is 23.5 Å². The van der Waals surface area contributed by atoms with Gasteiger partial charge >= 0.3 is 0 Å². The lowest BCUT2D eigenvalue weighted by molar-refractivity contribution is -0.385. The van der Waals surface area contributed by atoms with Crippen molar-refractivity contribution in [3.05, 3.63) is 75.1 Å². The highest BCUT2D eigenvalue weighted by atomic mass is 19.1. The highest BCUT2D eigenvalue weighted by Gasteiger charge is 2.18. The zero-order valence-corrected chi connectivity index (χ0v) is 15.0. The summed E-state index contributed by atoms with van der Waals surface area (Å²) in [6.45, 7) is 2.33. The molecule has 0 fully saturated rings. The number of hydrogen-bond acceptors (Lipinski definition) is 4. The molecule has 7 heteroatoms. The summed E-state index contributed by atoms with van der Waals surface area (Å²) in [4.78, 5) is 25.0. The van der Waals surface area contributed by atoms with Gasteiger partial charge in [-0.15, -0.1) is 0 Å². The van der Waals surface area contributed by atoms with Gasteiger partial charge in [0.05, 0.1) is 11.0 Å². The fourth-order valence-electron chi connectivity index (χ4n) is 2.65. The third-order valence-corrected chi connectivity index (χ3v) is 4.10. The number of nitro benzene ring substituents is 1. The van der Waals surface area contributed by atoms with Crippen LogP contribution >= 0.6 is 0 Å². The number of nitro groups is 1. The van der Waals surface area contributed by atoms with Crippen molar-refractivity contribution in [1.82, 2.24) is 10.2 Å². The van der Waals surface area contributed by atoms with Crippen molar-refractivity contribution in [3.63, 3.8) is 0 Å². The molecule has 1 amide bonds. The highest BCUT2D eigenvalue weighted by molar-refractivity contribution is 5.95. The summed E-state index contributed by atoms with van der Waals surface area (Å²) < 4.78 is 13.2. The molecule has 0 aromatic heterocycles. The molecule has 1 atom stereocenters. The zero-order valence-electron chi connectivity index (χ0n) is 15.0. The number of aryl methyl sites for hydroxylation is 1. The van der Waals surface area contributed by atoms with Gasteiger partial charge < -0.3 is 10.2 Å². The molecule has 1 N–H and O–H groups in total. The maximum atomic E-state index is 13.2. The van der Waals surface area contributed by atoms with E-state index in [1.807, 2.05) is 19.0 Å². The van der Waals surface area contributed by atoms with Crippen LogP contribution in [-0.4, -0.2) is 36.4 Å². The molecule has 138 valence electrons. The standard InChI is InChI=1S/C19H22FN3O3/c1-13-12-15(6-9-18(13)23(25)26)19(24)21-17(10-11-22(2)3)14-4-7-16(20)8-5-14/h4-9,12,17H,10-11H2,1-3H3,(H,21,24). The van der Waals surface area contributed by atoms with E-state index < -0.39 is 4.92 Å². The van der Waals surface area contributed by atoms with Gasteiger partial charge in [0.25, 0.3) is 11.6 Å². The molecule has 2 rings (SSSR count). The van der Waals surface area contributed by atoms with Crippen molar-refractivity contribution >= 4 is 11.6 Å². The Morgan fingerprint density at radius 1 is 1.23 bits per heavy atom. The van der Waals surface area contributed by atoms with Gasteiger partial charge in [-0.2, -0.15) is 0 Å². The summed E-state index contributed by atoms with van der Waals surface area (Å²) in [5, 5.41) is 13.9. The Bertz CT molecular complexity index is 791. The number of halogens is 1. The summed E-state index contributed by atoms with van der Waals surface area (Å²) in [5.41, 5.74) is 1.56. The molecular weight excluding hydrogens is 337 g/mol. The maximum absolute atomic E-state index is 13.2. The van der Waals surface area contributed by atoms with E-state index in [1.54, 1.807) is 19.1 Å². The predicted molar refractivity (Wildman–Crippen MR) is 97.6 cm³/mol. The summed E-state index contributed by atoms with van der Waals surface area (Å²) in [7, 11) is 3.87. The van der Waals surface area contributed by atoms with E-state index in [0.717, 1.165) is 12.1 Å². The van der Waals surface area contributed by atoms with Gasteiger partial charge in [0.2, 0.25) is 0 Å². The first kappa shape index (κ1) is 19.5. The molecule has 0 saturated heterocycles. The van der Waals surface area contributed by atoms with Crippen LogP contribution in [-0.2, 0) is 0 Å². The molecule has 6 nitrogen and oxygen atoms in total. The quantitative estimate of drug-likeness (QED) is 0.607. The number of rotatable bonds is 7. The third-order valence-electron chi connectivity index (χ3n) is 4.10. The lowest BCUT2D eigenvalue weighted by Gasteiger charge is -2.21. The molecule has 0 heterocycles. The SMILES string of the molecule is Cc1cc(C(=O)NC(CCN(C)C)c2ccc(F)cc2)ccc1[N+](=O)[O-]. The minimum atomic E-state index is -0.477. The van der Waals surface area contributed by atoms with E-state index >= 15 is 0 Å². The maximum Gasteiger partial charge on any atom is 0.272 e. The fraction of sp³-hybridized carbons (Fsp3) is 0.316. The molecule has 2 aromatic rings. The van der Waals surface area contributed by atoms with Crippen LogP contribution in [0.1, 0.15) is 33.9 Å². The Morgan fingerprint density at radius 3 is 2.42 bits per heavy atom. The fourth-order valence-corrected chi connectivity index (χ4v) is 2.65. The number of nitrogens with zero attached hydrogens (tertiary/aromatic N) is 2. The molecule has 0 aliphatic heterocycles. The Kier molecular flexibility index (Phi) is 6.41. The largest absolute Gasteiger partial charge is 0.345 e. The molecule has 2 aromatic carbocycles. The van der Waals surface area contributed by atoms with Gasteiger partial charge in [-0.3, -0.25) is 14.9 Å². The van der Waals surface area contributed by atoms with Crippen LogP contribution < -0.4 is 5.32 Å². The van der Waals surface area contributed by atoms with E-state index in [0.29, 0.717) is 17.5 Å². The lowest BCUT2D eigenvalue weighted by Crippen LogP contribution is -2.31. The average Bonchev–Trinajstić information content (AvgIpc) is 2.58. The van der Waals surface area contributed by atoms with Gasteiger partial charge in [-0.25, -0.2) is 4.39 Å². The summed E-state index contributed by atoms with van der Waals surface area (Å²) >= 11 is 0. The second-order valence-corrected chi connectivity index (χ2v) is 6.43. The van der Waals surface area contributed by atoms with Gasteiger partial charge in [-0.1, -0.05) is 12.1 Å². The Hall–Kier alpha value is -2.80. The van der Waals surface area contributed by atoms with Crippen LogP contribution in [0.2, 0.25) is 0 Å². The molecule has 1 unspecified atom stereocenters. The molecule has 0 radical (unpaired) electrons. The van der Waals surface area contributed by atoms with E-state index in [1.165, 1.54) is 30.3 Å². The van der Waals surface area contributed by atoms with Crippen molar-refractivity contribution < 1.29 is 14.1 Å². The van der Waals surface area contributed by atoms with Crippen molar-refractivity contribution in [2.24, 2.45) is 0 Å². The molecule has 26 heavy (non-hydrogen) atoms. The van der Waals surface area contributed by atoms with Crippen LogP contribution in [0.5, 0.6) is 0 Å². The monoisotopic (exact) mass is 359 g/mol. The Labute approximate surface area is 151 Å². The average molecular weight is 359 g/mol. The van der Waals surface area contributed by atoms with Gasteiger partial charge in [-0.05, 0) is 63.8 Å². The molecule has 0 bridgehead atoms. The van der Waals surface area contributed by atoms with Crippen LogP contribution in [0.3, 0.4) is 0 Å². The number of amides is 1. The second-order valence-electron chi connectivity index (χ2n) is 6.43. The first-order valence-corrected chi connectivity index (χ1v) is 8.24.